The topological polar surface area (TPSA) is 148 Å². The minimum atomic E-state index is -1.03. The molecular weight excluding hydrogens is 574 g/mol. The highest BCUT2D eigenvalue weighted by molar-refractivity contribution is 5.94. The van der Waals surface area contributed by atoms with E-state index in [1.807, 2.05) is 50.3 Å². The van der Waals surface area contributed by atoms with Gasteiger partial charge in [-0.3, -0.25) is 28.9 Å². The molecule has 1 saturated heterocycles. The first-order valence-corrected chi connectivity index (χ1v) is 15.4. The number of rotatable bonds is 3. The fourth-order valence-corrected chi connectivity index (χ4v) is 5.38. The standard InChI is InChI=1S/C33H41N7O5/c1-20(2)28-29(41)36-27(19-39-16-7-15-34-39)30(42)40-17-6-8-25(38-40)31(43)45-21(3)24-12-11-23-10-9-22(18-26(23)35-24)13-14-33(4,5)32(44)37-28/h7,9-16,18,20-21,25,27-28,38H,6,8,17,19H2,1-5H3,(H,36,41)(H,37,44)/b14-13+/t21-,25+,27-,28+/m1/s1. The van der Waals surface area contributed by atoms with Crippen molar-refractivity contribution in [3.63, 3.8) is 0 Å². The molecule has 3 amide bonds. The third-order valence-corrected chi connectivity index (χ3v) is 8.24. The summed E-state index contributed by atoms with van der Waals surface area (Å²) >= 11 is 0. The average Bonchev–Trinajstić information content (AvgIpc) is 3.54. The summed E-state index contributed by atoms with van der Waals surface area (Å²) in [5, 5.41) is 12.3. The molecular formula is C33H41N7O5. The number of hydrogen-bond acceptors (Lipinski definition) is 8. The molecule has 238 valence electrons. The Morgan fingerprint density at radius 2 is 1.87 bits per heavy atom. The minimum absolute atomic E-state index is 0.0571. The summed E-state index contributed by atoms with van der Waals surface area (Å²) in [6, 6.07) is 8.58. The second kappa shape index (κ2) is 13.2. The highest BCUT2D eigenvalue weighted by Gasteiger charge is 2.37. The summed E-state index contributed by atoms with van der Waals surface area (Å²) < 4.78 is 7.37. The van der Waals surface area contributed by atoms with Crippen molar-refractivity contribution in [2.45, 2.75) is 78.2 Å². The molecule has 0 saturated carbocycles. The highest BCUT2D eigenvalue weighted by Crippen LogP contribution is 2.25. The molecule has 3 aromatic rings. The predicted molar refractivity (Wildman–Crippen MR) is 168 cm³/mol. The van der Waals surface area contributed by atoms with E-state index in [9.17, 15) is 19.2 Å². The Kier molecular flexibility index (Phi) is 9.33. The van der Waals surface area contributed by atoms with Crippen LogP contribution in [0.3, 0.4) is 0 Å². The Morgan fingerprint density at radius 3 is 2.60 bits per heavy atom. The Balaban J connectivity index is 1.51. The van der Waals surface area contributed by atoms with Gasteiger partial charge in [0.1, 0.15) is 24.2 Å². The second-order valence-electron chi connectivity index (χ2n) is 12.6. The lowest BCUT2D eigenvalue weighted by molar-refractivity contribution is -0.157. The number of nitrogens with one attached hydrogen (secondary N) is 3. The van der Waals surface area contributed by atoms with Crippen molar-refractivity contribution in [1.82, 2.24) is 35.8 Å². The van der Waals surface area contributed by atoms with Gasteiger partial charge in [0.15, 0.2) is 0 Å². The third kappa shape index (κ3) is 7.39. The molecule has 2 aliphatic rings. The van der Waals surface area contributed by atoms with Gasteiger partial charge in [0, 0.05) is 24.3 Å². The van der Waals surface area contributed by atoms with Gasteiger partial charge < -0.3 is 15.4 Å². The molecule has 45 heavy (non-hydrogen) atoms. The van der Waals surface area contributed by atoms with Crippen molar-refractivity contribution < 1.29 is 23.9 Å². The van der Waals surface area contributed by atoms with Crippen LogP contribution in [0.25, 0.3) is 17.0 Å². The van der Waals surface area contributed by atoms with Crippen molar-refractivity contribution in [2.24, 2.45) is 11.3 Å². The fourth-order valence-electron chi connectivity index (χ4n) is 5.38. The Morgan fingerprint density at radius 1 is 1.09 bits per heavy atom. The summed E-state index contributed by atoms with van der Waals surface area (Å²) in [6.07, 6.45) is 7.32. The van der Waals surface area contributed by atoms with Crippen LogP contribution in [0.1, 0.15) is 64.8 Å². The molecule has 5 bridgehead atoms. The molecule has 1 aromatic carbocycles. The molecule has 4 atom stereocenters. The number of amides is 3. The largest absolute Gasteiger partial charge is 0.455 e. The van der Waals surface area contributed by atoms with Crippen LogP contribution < -0.4 is 16.1 Å². The van der Waals surface area contributed by atoms with E-state index in [0.29, 0.717) is 25.1 Å². The number of esters is 1. The van der Waals surface area contributed by atoms with Gasteiger partial charge in [-0.1, -0.05) is 44.2 Å². The quantitative estimate of drug-likeness (QED) is 0.381. The first kappa shape index (κ1) is 31.8. The number of cyclic esters (lactones) is 1. The number of ether oxygens (including phenoxy) is 1. The molecule has 0 radical (unpaired) electrons. The number of benzene rings is 1. The average molecular weight is 616 g/mol. The minimum Gasteiger partial charge on any atom is -0.455 e. The Labute approximate surface area is 262 Å². The van der Waals surface area contributed by atoms with E-state index < -0.39 is 47.4 Å². The van der Waals surface area contributed by atoms with E-state index >= 15 is 0 Å². The number of carbonyl (C=O) groups is 4. The summed E-state index contributed by atoms with van der Waals surface area (Å²) in [4.78, 5) is 59.2. The lowest BCUT2D eigenvalue weighted by Crippen LogP contribution is -2.62. The normalized spacial score (nSPS) is 25.5. The molecule has 0 unspecified atom stereocenters. The molecule has 1 fully saturated rings. The van der Waals surface area contributed by atoms with Gasteiger partial charge in [-0.15, -0.1) is 0 Å². The summed E-state index contributed by atoms with van der Waals surface area (Å²) in [7, 11) is 0. The molecule has 12 heteroatoms. The molecule has 2 aromatic heterocycles. The van der Waals surface area contributed by atoms with Crippen LogP contribution in [0.2, 0.25) is 0 Å². The van der Waals surface area contributed by atoms with E-state index in [1.54, 1.807) is 50.0 Å². The van der Waals surface area contributed by atoms with Gasteiger partial charge in [-0.05, 0) is 63.3 Å². The van der Waals surface area contributed by atoms with E-state index in [0.717, 1.165) is 16.5 Å². The number of nitrogens with zero attached hydrogens (tertiary/aromatic N) is 4. The smallest absolute Gasteiger partial charge is 0.325 e. The van der Waals surface area contributed by atoms with Crippen LogP contribution in [-0.2, 0) is 30.5 Å². The van der Waals surface area contributed by atoms with Crippen LogP contribution in [0.5, 0.6) is 0 Å². The van der Waals surface area contributed by atoms with Crippen LogP contribution in [0, 0.1) is 11.3 Å². The van der Waals surface area contributed by atoms with Crippen LogP contribution in [0.15, 0.2) is 54.9 Å². The molecule has 5 rings (SSSR count). The van der Waals surface area contributed by atoms with Crippen LogP contribution in [-0.4, -0.2) is 68.1 Å². The number of hydrazine groups is 1. The lowest BCUT2D eigenvalue weighted by atomic mass is 9.89. The van der Waals surface area contributed by atoms with Crippen molar-refractivity contribution >= 4 is 40.7 Å². The highest BCUT2D eigenvalue weighted by atomic mass is 16.5. The van der Waals surface area contributed by atoms with E-state index in [4.69, 9.17) is 9.72 Å². The van der Waals surface area contributed by atoms with Crippen molar-refractivity contribution in [1.29, 1.82) is 0 Å². The maximum absolute atomic E-state index is 13.9. The molecule has 4 heterocycles. The zero-order valence-electron chi connectivity index (χ0n) is 26.3. The van der Waals surface area contributed by atoms with Gasteiger partial charge in [0.2, 0.25) is 11.8 Å². The summed E-state index contributed by atoms with van der Waals surface area (Å²) in [6.45, 7) is 9.38. The van der Waals surface area contributed by atoms with E-state index in [2.05, 4.69) is 21.2 Å². The number of pyridine rings is 1. The molecule has 3 N–H and O–H groups in total. The van der Waals surface area contributed by atoms with Crippen LogP contribution in [0.4, 0.5) is 0 Å². The summed E-state index contributed by atoms with van der Waals surface area (Å²) in [5.41, 5.74) is 4.21. The molecule has 0 aliphatic carbocycles. The van der Waals surface area contributed by atoms with Crippen molar-refractivity contribution in [3.8, 4) is 0 Å². The van der Waals surface area contributed by atoms with Gasteiger partial charge in [0.25, 0.3) is 5.91 Å². The Bertz CT molecular complexity index is 1600. The number of aromatic nitrogens is 3. The zero-order chi connectivity index (χ0) is 32.3. The zero-order valence-corrected chi connectivity index (χ0v) is 26.3. The van der Waals surface area contributed by atoms with E-state index in [1.165, 1.54) is 5.01 Å². The number of hydrogen-bond donors (Lipinski definition) is 3. The van der Waals surface area contributed by atoms with Crippen LogP contribution >= 0.6 is 0 Å². The van der Waals surface area contributed by atoms with Crippen molar-refractivity contribution in [3.05, 3.63) is 66.1 Å². The number of carbonyl (C=O) groups excluding carboxylic acids is 4. The van der Waals surface area contributed by atoms with E-state index in [-0.39, 0.29) is 18.4 Å². The monoisotopic (exact) mass is 615 g/mol. The predicted octanol–water partition coefficient (Wildman–Crippen LogP) is 2.91. The van der Waals surface area contributed by atoms with Gasteiger partial charge in [-0.2, -0.15) is 5.10 Å². The van der Waals surface area contributed by atoms with Gasteiger partial charge in [0.05, 0.1) is 23.2 Å². The SMILES string of the molecule is CC(C)[C@@H]1NC(=O)C(C)(C)/C=C/c2ccc3ccc(nc3c2)[C@@H](C)OC(=O)[C@@H]2CCCN(N2)C(=O)[C@@H](Cn2cccn2)NC1=O. The Hall–Kier alpha value is -4.58. The van der Waals surface area contributed by atoms with Gasteiger partial charge >= 0.3 is 5.97 Å². The maximum atomic E-state index is 13.9. The summed E-state index contributed by atoms with van der Waals surface area (Å²) in [5.74, 6) is -2.03. The maximum Gasteiger partial charge on any atom is 0.325 e. The molecule has 0 spiro atoms. The van der Waals surface area contributed by atoms with Gasteiger partial charge in [-0.25, -0.2) is 10.4 Å². The molecule has 2 aliphatic heterocycles. The first-order chi connectivity index (χ1) is 21.4. The fraction of sp³-hybridized carbons (Fsp3) is 0.455. The lowest BCUT2D eigenvalue weighted by Gasteiger charge is -2.36. The van der Waals surface area contributed by atoms with Crippen molar-refractivity contribution in [2.75, 3.05) is 6.54 Å². The second-order valence-corrected chi connectivity index (χ2v) is 12.6. The molecule has 12 nitrogen and oxygen atoms in total. The number of fused-ring (bicyclic) bond motifs is 4. The first-order valence-electron chi connectivity index (χ1n) is 15.4. The third-order valence-electron chi connectivity index (χ3n) is 8.24.